The van der Waals surface area contributed by atoms with Gasteiger partial charge in [-0.05, 0) is 37.1 Å². The molecule has 4 aromatic rings. The molecule has 2 amide bonds. The molecule has 0 bridgehead atoms. The number of benzene rings is 3. The molecule has 1 aromatic heterocycles. The maximum absolute atomic E-state index is 13.4. The number of rotatable bonds is 9. The first kappa shape index (κ1) is 24.7. The molecule has 1 unspecified atom stereocenters. The van der Waals surface area contributed by atoms with Gasteiger partial charge in [0.25, 0.3) is 0 Å². The molecule has 1 atom stereocenters. The second-order valence-electron chi connectivity index (χ2n) is 8.13. The summed E-state index contributed by atoms with van der Waals surface area (Å²) in [6.45, 7) is 4.02. The van der Waals surface area contributed by atoms with Crippen LogP contribution in [-0.4, -0.2) is 16.8 Å². The molecule has 0 aliphatic carbocycles. The van der Waals surface area contributed by atoms with E-state index in [4.69, 9.17) is 0 Å². The summed E-state index contributed by atoms with van der Waals surface area (Å²) in [6.07, 6.45) is 1.27. The third kappa shape index (κ3) is 6.81. The number of hydrogen-bond donors (Lipinski definition) is 2. The molecule has 0 fully saturated rings. The minimum absolute atomic E-state index is 0.0137. The Balaban J connectivity index is 1.52. The van der Waals surface area contributed by atoms with Gasteiger partial charge < -0.3 is 10.6 Å². The lowest BCUT2D eigenvalue weighted by molar-refractivity contribution is -0.116. The summed E-state index contributed by atoms with van der Waals surface area (Å²) < 4.78 is 0. The summed E-state index contributed by atoms with van der Waals surface area (Å²) in [5.74, 6) is -0.161. The van der Waals surface area contributed by atoms with E-state index in [1.54, 1.807) is 0 Å². The molecule has 0 aliphatic heterocycles. The highest BCUT2D eigenvalue weighted by Crippen LogP contribution is 2.37. The Hall–Kier alpha value is -3.42. The number of thiazole rings is 1. The number of aryl methyl sites for hydroxylation is 1. The fourth-order valence-corrected chi connectivity index (χ4v) is 5.30. The second kappa shape index (κ2) is 11.8. The third-order valence-corrected chi connectivity index (χ3v) is 7.28. The number of anilines is 2. The van der Waals surface area contributed by atoms with E-state index in [-0.39, 0.29) is 11.8 Å². The van der Waals surface area contributed by atoms with Crippen LogP contribution in [0.5, 0.6) is 0 Å². The van der Waals surface area contributed by atoms with Crippen molar-refractivity contribution in [3.8, 4) is 11.3 Å². The Morgan fingerprint density at radius 2 is 1.74 bits per heavy atom. The lowest BCUT2D eigenvalue weighted by Gasteiger charge is -2.17. The first-order chi connectivity index (χ1) is 17.0. The predicted octanol–water partition coefficient (Wildman–Crippen LogP) is 7.33. The van der Waals surface area contributed by atoms with Crippen LogP contribution in [0.3, 0.4) is 0 Å². The van der Waals surface area contributed by atoms with Gasteiger partial charge in [-0.15, -0.1) is 23.1 Å². The second-order valence-corrected chi connectivity index (χ2v) is 10.2. The molecule has 0 radical (unpaired) electrons. The molecule has 7 heteroatoms. The summed E-state index contributed by atoms with van der Waals surface area (Å²) in [5.41, 5.74) is 4.66. The fourth-order valence-electron chi connectivity index (χ4n) is 3.49. The maximum atomic E-state index is 13.4. The van der Waals surface area contributed by atoms with E-state index in [1.165, 1.54) is 28.7 Å². The summed E-state index contributed by atoms with van der Waals surface area (Å²) in [6, 6.07) is 25.4. The SMILES string of the molecule is CCCC(=O)Nc1cccc(SC(C(=O)Nc2nc(-c3ccc(C)cc3)cs2)c2ccccc2)c1. The van der Waals surface area contributed by atoms with E-state index >= 15 is 0 Å². The Bertz CT molecular complexity index is 1290. The van der Waals surface area contributed by atoms with Gasteiger partial charge in [-0.25, -0.2) is 4.98 Å². The standard InChI is InChI=1S/C28H27N3O2S2/c1-3-8-25(32)29-22-11-7-12-23(17-22)35-26(21-9-5-4-6-10-21)27(33)31-28-30-24(18-34-28)20-15-13-19(2)14-16-20/h4-7,9-18,26H,3,8H2,1-2H3,(H,29,32)(H,30,31,33). The Kier molecular flexibility index (Phi) is 8.34. The zero-order chi connectivity index (χ0) is 24.6. The first-order valence-corrected chi connectivity index (χ1v) is 13.2. The summed E-state index contributed by atoms with van der Waals surface area (Å²) in [4.78, 5) is 31.0. The molecule has 0 aliphatic rings. The van der Waals surface area contributed by atoms with E-state index in [9.17, 15) is 9.59 Å². The number of nitrogens with one attached hydrogen (secondary N) is 2. The zero-order valence-corrected chi connectivity index (χ0v) is 21.3. The van der Waals surface area contributed by atoms with Crippen LogP contribution < -0.4 is 10.6 Å². The van der Waals surface area contributed by atoms with Crippen LogP contribution >= 0.6 is 23.1 Å². The number of aromatic nitrogens is 1. The summed E-state index contributed by atoms with van der Waals surface area (Å²) in [7, 11) is 0. The predicted molar refractivity (Wildman–Crippen MR) is 146 cm³/mol. The molecule has 1 heterocycles. The van der Waals surface area contributed by atoms with E-state index in [2.05, 4.69) is 15.6 Å². The smallest absolute Gasteiger partial charge is 0.244 e. The topological polar surface area (TPSA) is 71.1 Å². The largest absolute Gasteiger partial charge is 0.326 e. The van der Waals surface area contributed by atoms with Gasteiger partial charge in [-0.1, -0.05) is 73.2 Å². The Labute approximate surface area is 214 Å². The van der Waals surface area contributed by atoms with Crippen LogP contribution in [0.4, 0.5) is 10.8 Å². The molecule has 5 nitrogen and oxygen atoms in total. The maximum Gasteiger partial charge on any atom is 0.244 e. The molecule has 35 heavy (non-hydrogen) atoms. The van der Waals surface area contributed by atoms with Crippen molar-refractivity contribution in [3.63, 3.8) is 0 Å². The van der Waals surface area contributed by atoms with E-state index < -0.39 is 5.25 Å². The van der Waals surface area contributed by atoms with Crippen molar-refractivity contribution in [2.75, 3.05) is 10.6 Å². The van der Waals surface area contributed by atoms with Crippen molar-refractivity contribution in [3.05, 3.63) is 95.4 Å². The normalized spacial score (nSPS) is 11.6. The van der Waals surface area contributed by atoms with Crippen LogP contribution in [0.2, 0.25) is 0 Å². The Morgan fingerprint density at radius 1 is 0.971 bits per heavy atom. The van der Waals surface area contributed by atoms with Crippen LogP contribution in [0.1, 0.15) is 36.1 Å². The van der Waals surface area contributed by atoms with Crippen LogP contribution in [0.25, 0.3) is 11.3 Å². The highest BCUT2D eigenvalue weighted by molar-refractivity contribution is 8.00. The monoisotopic (exact) mass is 501 g/mol. The third-order valence-electron chi connectivity index (χ3n) is 5.27. The molecule has 2 N–H and O–H groups in total. The van der Waals surface area contributed by atoms with Crippen LogP contribution in [0.15, 0.2) is 89.1 Å². The quantitative estimate of drug-likeness (QED) is 0.236. The van der Waals surface area contributed by atoms with Crippen molar-refractivity contribution in [2.45, 2.75) is 36.8 Å². The molecule has 178 valence electrons. The highest BCUT2D eigenvalue weighted by atomic mass is 32.2. The average Bonchev–Trinajstić information content (AvgIpc) is 3.32. The molecule has 0 saturated heterocycles. The average molecular weight is 502 g/mol. The van der Waals surface area contributed by atoms with Crippen molar-refractivity contribution in [2.24, 2.45) is 0 Å². The van der Waals surface area contributed by atoms with E-state index in [1.807, 2.05) is 98.1 Å². The molecule has 4 rings (SSSR count). The zero-order valence-electron chi connectivity index (χ0n) is 19.7. The molecule has 3 aromatic carbocycles. The lowest BCUT2D eigenvalue weighted by Crippen LogP contribution is -2.19. The highest BCUT2D eigenvalue weighted by Gasteiger charge is 2.23. The lowest BCUT2D eigenvalue weighted by atomic mass is 10.1. The van der Waals surface area contributed by atoms with Crippen molar-refractivity contribution >= 4 is 45.7 Å². The number of hydrogen-bond acceptors (Lipinski definition) is 5. The van der Waals surface area contributed by atoms with Crippen molar-refractivity contribution in [1.29, 1.82) is 0 Å². The van der Waals surface area contributed by atoms with E-state index in [0.29, 0.717) is 11.6 Å². The van der Waals surface area contributed by atoms with Gasteiger partial charge in [-0.3, -0.25) is 9.59 Å². The van der Waals surface area contributed by atoms with Gasteiger partial charge in [0.1, 0.15) is 5.25 Å². The number of amides is 2. The summed E-state index contributed by atoms with van der Waals surface area (Å²) in [5, 5.41) is 7.96. The Morgan fingerprint density at radius 3 is 2.49 bits per heavy atom. The number of carbonyl (C=O) groups is 2. The van der Waals surface area contributed by atoms with Crippen LogP contribution in [0, 0.1) is 6.92 Å². The van der Waals surface area contributed by atoms with Gasteiger partial charge in [-0.2, -0.15) is 0 Å². The van der Waals surface area contributed by atoms with Gasteiger partial charge in [0.15, 0.2) is 5.13 Å². The van der Waals surface area contributed by atoms with Crippen molar-refractivity contribution < 1.29 is 9.59 Å². The molecular weight excluding hydrogens is 474 g/mol. The molecule has 0 spiro atoms. The van der Waals surface area contributed by atoms with Gasteiger partial charge >= 0.3 is 0 Å². The molecular formula is C28H27N3O2S2. The summed E-state index contributed by atoms with van der Waals surface area (Å²) >= 11 is 2.85. The number of thioether (sulfide) groups is 1. The van der Waals surface area contributed by atoms with Gasteiger partial charge in [0.05, 0.1) is 5.69 Å². The van der Waals surface area contributed by atoms with Gasteiger partial charge in [0.2, 0.25) is 11.8 Å². The van der Waals surface area contributed by atoms with Crippen LogP contribution in [-0.2, 0) is 9.59 Å². The molecule has 0 saturated carbocycles. The number of carbonyl (C=O) groups excluding carboxylic acids is 2. The minimum Gasteiger partial charge on any atom is -0.326 e. The van der Waals surface area contributed by atoms with E-state index in [0.717, 1.165) is 33.8 Å². The van der Waals surface area contributed by atoms with Crippen molar-refractivity contribution in [1.82, 2.24) is 4.98 Å². The minimum atomic E-state index is -0.482. The number of nitrogens with zero attached hydrogens (tertiary/aromatic N) is 1. The first-order valence-electron chi connectivity index (χ1n) is 11.5. The van der Waals surface area contributed by atoms with Gasteiger partial charge in [0, 0.05) is 27.9 Å². The fraction of sp³-hybridized carbons (Fsp3) is 0.179.